The SMILES string of the molecule is c1ccc(N(c2ccccc2)c2ccc(-c3ccc(N(c4ccc(-c5ccc6c7ccccc7c7ccccc7c6c5)cc4)c4ccc(-c5ccc6oc7ccccc7c6c5)c5ccccc45)cc3)cc2)cc1. The molecule has 3 heteroatoms. The van der Waals surface area contributed by atoms with Crippen molar-refractivity contribution in [3.05, 3.63) is 279 Å². The summed E-state index contributed by atoms with van der Waals surface area (Å²) in [6, 6.07) is 101. The van der Waals surface area contributed by atoms with Crippen LogP contribution in [0.2, 0.25) is 0 Å². The molecule has 1 heterocycles. The first-order valence-electron chi connectivity index (χ1n) is 25.0. The largest absolute Gasteiger partial charge is 0.456 e. The zero-order valence-electron chi connectivity index (χ0n) is 39.9. The predicted octanol–water partition coefficient (Wildman–Crippen LogP) is 20.1. The smallest absolute Gasteiger partial charge is 0.135 e. The lowest BCUT2D eigenvalue weighted by molar-refractivity contribution is 0.669. The van der Waals surface area contributed by atoms with Gasteiger partial charge < -0.3 is 14.2 Å². The quantitative estimate of drug-likeness (QED) is 0.135. The van der Waals surface area contributed by atoms with Gasteiger partial charge in [-0.05, 0) is 162 Å². The highest BCUT2D eigenvalue weighted by molar-refractivity contribution is 6.25. The molecule has 0 spiro atoms. The van der Waals surface area contributed by atoms with Crippen LogP contribution < -0.4 is 9.80 Å². The van der Waals surface area contributed by atoms with Crippen LogP contribution in [0.3, 0.4) is 0 Å². The molecule has 0 aliphatic heterocycles. The van der Waals surface area contributed by atoms with Crippen LogP contribution in [0.25, 0.3) is 98.4 Å². The Labute approximate surface area is 423 Å². The molecule has 13 aromatic carbocycles. The molecule has 0 aliphatic carbocycles. The molecule has 0 radical (unpaired) electrons. The predicted molar refractivity (Wildman–Crippen MR) is 309 cm³/mol. The molecule has 0 atom stereocenters. The highest BCUT2D eigenvalue weighted by Gasteiger charge is 2.20. The standard InChI is InChI=1S/C70H46N2O/c1-3-15-52(16-4-1)71(53-17-5-2-6-18-53)54-35-27-47(28-36-54)48-29-37-55(38-30-48)72(68-43-42-57(58-19-11-12-24-64(58)68)51-34-44-70-67(46-51)65-25-13-14-26-69(65)73-70)56-39-31-49(32-40-56)50-33-41-63-61-22-8-7-20-59(61)60-21-9-10-23-62(60)66(63)45-50/h1-46H. The van der Waals surface area contributed by atoms with Crippen molar-refractivity contribution in [3.8, 4) is 33.4 Å². The van der Waals surface area contributed by atoms with Gasteiger partial charge in [0.1, 0.15) is 11.2 Å². The van der Waals surface area contributed by atoms with Crippen LogP contribution in [0, 0.1) is 0 Å². The average Bonchev–Trinajstić information content (AvgIpc) is 3.84. The summed E-state index contributed by atoms with van der Waals surface area (Å²) in [5.41, 5.74) is 15.4. The van der Waals surface area contributed by atoms with Crippen molar-refractivity contribution in [1.82, 2.24) is 0 Å². The summed E-state index contributed by atoms with van der Waals surface area (Å²) in [5, 5.41) is 12.3. The maximum atomic E-state index is 6.24. The van der Waals surface area contributed by atoms with Crippen molar-refractivity contribution in [2.45, 2.75) is 0 Å². The summed E-state index contributed by atoms with van der Waals surface area (Å²) >= 11 is 0. The van der Waals surface area contributed by atoms with E-state index in [9.17, 15) is 0 Å². The lowest BCUT2D eigenvalue weighted by Gasteiger charge is -2.28. The zero-order chi connectivity index (χ0) is 48.2. The van der Waals surface area contributed by atoms with Gasteiger partial charge in [-0.25, -0.2) is 0 Å². The first-order chi connectivity index (χ1) is 36.2. The van der Waals surface area contributed by atoms with Gasteiger partial charge >= 0.3 is 0 Å². The molecule has 0 saturated heterocycles. The molecule has 0 fully saturated rings. The average molecular weight is 931 g/mol. The molecular formula is C70H46N2O. The normalized spacial score (nSPS) is 11.6. The fourth-order valence-corrected chi connectivity index (χ4v) is 11.1. The molecule has 14 rings (SSSR count). The first-order valence-corrected chi connectivity index (χ1v) is 25.0. The Kier molecular flexibility index (Phi) is 10.2. The third-order valence-electron chi connectivity index (χ3n) is 14.6. The molecule has 0 unspecified atom stereocenters. The second kappa shape index (κ2) is 17.6. The maximum absolute atomic E-state index is 6.24. The summed E-state index contributed by atoms with van der Waals surface area (Å²) in [4.78, 5) is 4.71. The lowest BCUT2D eigenvalue weighted by Crippen LogP contribution is -2.10. The van der Waals surface area contributed by atoms with Crippen LogP contribution in [0.1, 0.15) is 0 Å². The minimum absolute atomic E-state index is 0.895. The van der Waals surface area contributed by atoms with Gasteiger partial charge in [0.15, 0.2) is 0 Å². The Morgan fingerprint density at radius 1 is 0.205 bits per heavy atom. The van der Waals surface area contributed by atoms with Crippen LogP contribution in [-0.4, -0.2) is 0 Å². The second-order valence-corrected chi connectivity index (χ2v) is 18.8. The van der Waals surface area contributed by atoms with Gasteiger partial charge in [-0.1, -0.05) is 188 Å². The van der Waals surface area contributed by atoms with E-state index in [1.54, 1.807) is 0 Å². The van der Waals surface area contributed by atoms with Crippen molar-refractivity contribution < 1.29 is 4.42 Å². The van der Waals surface area contributed by atoms with E-state index in [1.807, 2.05) is 12.1 Å². The van der Waals surface area contributed by atoms with Gasteiger partial charge in [-0.3, -0.25) is 0 Å². The number of hydrogen-bond acceptors (Lipinski definition) is 3. The highest BCUT2D eigenvalue weighted by Crippen LogP contribution is 2.45. The number of furan rings is 1. The van der Waals surface area contributed by atoms with E-state index in [0.717, 1.165) is 78.1 Å². The van der Waals surface area contributed by atoms with Gasteiger partial charge in [0.2, 0.25) is 0 Å². The number of anilines is 6. The molecule has 0 saturated carbocycles. The third-order valence-corrected chi connectivity index (χ3v) is 14.6. The first kappa shape index (κ1) is 42.2. The maximum Gasteiger partial charge on any atom is 0.135 e. The monoisotopic (exact) mass is 930 g/mol. The van der Waals surface area contributed by atoms with Crippen LogP contribution in [0.5, 0.6) is 0 Å². The number of hydrogen-bond donors (Lipinski definition) is 0. The molecule has 1 aromatic heterocycles. The van der Waals surface area contributed by atoms with Crippen molar-refractivity contribution in [1.29, 1.82) is 0 Å². The Balaban J connectivity index is 0.868. The van der Waals surface area contributed by atoms with Crippen LogP contribution in [0.15, 0.2) is 283 Å². The van der Waals surface area contributed by atoms with Crippen molar-refractivity contribution in [3.63, 3.8) is 0 Å². The zero-order valence-corrected chi connectivity index (χ0v) is 39.9. The van der Waals surface area contributed by atoms with E-state index in [4.69, 9.17) is 4.42 Å². The fourth-order valence-electron chi connectivity index (χ4n) is 11.1. The topological polar surface area (TPSA) is 19.6 Å². The van der Waals surface area contributed by atoms with Gasteiger partial charge in [0, 0.05) is 44.6 Å². The summed E-state index contributed by atoms with van der Waals surface area (Å²) in [6.07, 6.45) is 0. The van der Waals surface area contributed by atoms with Crippen molar-refractivity contribution in [2.24, 2.45) is 0 Å². The molecule has 0 bridgehead atoms. The summed E-state index contributed by atoms with van der Waals surface area (Å²) in [6.45, 7) is 0. The molecule has 14 aromatic rings. The van der Waals surface area contributed by atoms with Crippen LogP contribution in [-0.2, 0) is 0 Å². The highest BCUT2D eigenvalue weighted by atomic mass is 16.3. The third kappa shape index (κ3) is 7.37. The van der Waals surface area contributed by atoms with Gasteiger partial charge in [0.05, 0.1) is 5.69 Å². The minimum atomic E-state index is 0.895. The Morgan fingerprint density at radius 3 is 1.16 bits per heavy atom. The van der Waals surface area contributed by atoms with E-state index in [2.05, 4.69) is 277 Å². The molecule has 342 valence electrons. The second-order valence-electron chi connectivity index (χ2n) is 18.8. The Bertz CT molecular complexity index is 4280. The Morgan fingerprint density at radius 2 is 0.589 bits per heavy atom. The van der Waals surface area contributed by atoms with Crippen molar-refractivity contribution in [2.75, 3.05) is 9.80 Å². The minimum Gasteiger partial charge on any atom is -0.456 e. The number of rotatable bonds is 9. The van der Waals surface area contributed by atoms with Gasteiger partial charge in [-0.2, -0.15) is 0 Å². The fraction of sp³-hybridized carbons (Fsp3) is 0. The van der Waals surface area contributed by atoms with Crippen LogP contribution >= 0.6 is 0 Å². The summed E-state index contributed by atoms with van der Waals surface area (Å²) in [7, 11) is 0. The number of fused-ring (bicyclic) bond motifs is 10. The molecular weight excluding hydrogens is 885 g/mol. The summed E-state index contributed by atoms with van der Waals surface area (Å²) in [5.74, 6) is 0. The van der Waals surface area contributed by atoms with Gasteiger partial charge in [0.25, 0.3) is 0 Å². The molecule has 73 heavy (non-hydrogen) atoms. The molecule has 0 N–H and O–H groups in total. The lowest BCUT2D eigenvalue weighted by atomic mass is 9.92. The molecule has 3 nitrogen and oxygen atoms in total. The number of nitrogens with zero attached hydrogens (tertiary/aromatic N) is 2. The van der Waals surface area contributed by atoms with E-state index in [-0.39, 0.29) is 0 Å². The van der Waals surface area contributed by atoms with E-state index in [0.29, 0.717) is 0 Å². The molecule has 0 amide bonds. The van der Waals surface area contributed by atoms with Crippen LogP contribution in [0.4, 0.5) is 34.1 Å². The Hall–Kier alpha value is -9.70. The van der Waals surface area contributed by atoms with Crippen molar-refractivity contribution >= 4 is 99.2 Å². The van der Waals surface area contributed by atoms with Gasteiger partial charge in [-0.15, -0.1) is 0 Å². The summed E-state index contributed by atoms with van der Waals surface area (Å²) < 4.78 is 6.24. The molecule has 0 aliphatic rings. The number of para-hydroxylation sites is 3. The van der Waals surface area contributed by atoms with E-state index < -0.39 is 0 Å². The van der Waals surface area contributed by atoms with E-state index >= 15 is 0 Å². The van der Waals surface area contributed by atoms with E-state index in [1.165, 1.54) is 54.4 Å². The number of benzene rings is 13.